The molecule has 0 aliphatic heterocycles. The van der Waals surface area contributed by atoms with E-state index < -0.39 is 0 Å². The first-order valence-electron chi connectivity index (χ1n) is 13.6. The van der Waals surface area contributed by atoms with Crippen LogP contribution in [0.4, 0.5) is 0 Å². The van der Waals surface area contributed by atoms with Crippen molar-refractivity contribution in [2.45, 2.75) is 0 Å². The Labute approximate surface area is 241 Å². The van der Waals surface area contributed by atoms with E-state index in [1.165, 1.54) is 0 Å². The summed E-state index contributed by atoms with van der Waals surface area (Å²) in [4.78, 5) is 5.39. The van der Waals surface area contributed by atoms with Crippen LogP contribution in [0, 0.1) is 0 Å². The average Bonchev–Trinajstić information content (AvgIpc) is 3.61. The van der Waals surface area contributed by atoms with Crippen LogP contribution in [0.2, 0.25) is 5.02 Å². The predicted octanol–water partition coefficient (Wildman–Crippen LogP) is 10.6. The van der Waals surface area contributed by atoms with Crippen LogP contribution >= 0.6 is 11.6 Å². The molecule has 0 spiro atoms. The Bertz CT molecular complexity index is 2180. The number of nitrogens with zero attached hydrogens (tertiary/aromatic N) is 2. The van der Waals surface area contributed by atoms with E-state index in [-0.39, 0.29) is 0 Å². The van der Waals surface area contributed by atoms with Gasteiger partial charge in [-0.2, -0.15) is 0 Å². The zero-order chi connectivity index (χ0) is 27.3. The maximum atomic E-state index is 6.45. The first kappa shape index (κ1) is 23.7. The lowest BCUT2D eigenvalue weighted by Crippen LogP contribution is -1.97. The molecule has 6 aromatic carbocycles. The van der Waals surface area contributed by atoms with E-state index >= 15 is 0 Å². The number of halogens is 1. The molecule has 0 fully saturated rings. The maximum Gasteiger partial charge on any atom is 0.145 e. The third-order valence-corrected chi connectivity index (χ3v) is 7.94. The highest BCUT2D eigenvalue weighted by molar-refractivity contribution is 6.30. The summed E-state index contributed by atoms with van der Waals surface area (Å²) in [7, 11) is 0. The summed E-state index contributed by atoms with van der Waals surface area (Å²) in [5, 5.41) is 2.87. The van der Waals surface area contributed by atoms with Gasteiger partial charge in [-0.1, -0.05) is 115 Å². The summed E-state index contributed by atoms with van der Waals surface area (Å²) in [5.41, 5.74) is 10.2. The van der Waals surface area contributed by atoms with Gasteiger partial charge in [0, 0.05) is 27.2 Å². The third kappa shape index (κ3) is 3.94. The van der Waals surface area contributed by atoms with Gasteiger partial charge in [0.25, 0.3) is 0 Å². The molecule has 0 saturated carbocycles. The second-order valence-corrected chi connectivity index (χ2v) is 10.6. The normalized spacial score (nSPS) is 11.5. The van der Waals surface area contributed by atoms with Crippen molar-refractivity contribution in [1.29, 1.82) is 0 Å². The fourth-order valence-electron chi connectivity index (χ4n) is 5.76. The van der Waals surface area contributed by atoms with Crippen molar-refractivity contribution in [3.8, 4) is 39.3 Å². The molecule has 0 aliphatic rings. The van der Waals surface area contributed by atoms with Crippen molar-refractivity contribution in [3.05, 3.63) is 145 Å². The first-order chi connectivity index (χ1) is 20.2. The van der Waals surface area contributed by atoms with Crippen LogP contribution in [0.15, 0.2) is 144 Å². The Hall–Kier alpha value is -5.12. The Morgan fingerprint density at radius 3 is 1.90 bits per heavy atom. The summed E-state index contributed by atoms with van der Waals surface area (Å²) < 4.78 is 8.73. The van der Waals surface area contributed by atoms with Crippen molar-refractivity contribution in [2.24, 2.45) is 0 Å². The molecule has 2 heterocycles. The minimum absolute atomic E-state index is 0.731. The Morgan fingerprint density at radius 2 is 1.17 bits per heavy atom. The number of para-hydroxylation sites is 2. The minimum atomic E-state index is 0.731. The van der Waals surface area contributed by atoms with Gasteiger partial charge in [-0.3, -0.25) is 4.57 Å². The van der Waals surface area contributed by atoms with Gasteiger partial charge in [-0.15, -0.1) is 0 Å². The summed E-state index contributed by atoms with van der Waals surface area (Å²) in [6, 6.07) is 47.8. The number of imidazole rings is 1. The Morgan fingerprint density at radius 1 is 0.561 bits per heavy atom. The summed E-state index contributed by atoms with van der Waals surface area (Å²) in [6.07, 6.45) is 0. The summed E-state index contributed by atoms with van der Waals surface area (Å²) in [5.74, 6) is 0.879. The fourth-order valence-corrected chi connectivity index (χ4v) is 5.89. The van der Waals surface area contributed by atoms with E-state index in [1.807, 2.05) is 48.5 Å². The van der Waals surface area contributed by atoms with Crippen molar-refractivity contribution in [1.82, 2.24) is 9.55 Å². The lowest BCUT2D eigenvalue weighted by Gasteiger charge is -2.11. The molecule has 3 nitrogen and oxygen atoms in total. The van der Waals surface area contributed by atoms with E-state index in [1.54, 1.807) is 0 Å². The van der Waals surface area contributed by atoms with E-state index in [2.05, 4.69) is 95.6 Å². The van der Waals surface area contributed by atoms with E-state index in [0.717, 1.165) is 77.3 Å². The lowest BCUT2D eigenvalue weighted by atomic mass is 10.0. The standard InChI is InChI=1S/C37H23ClN2O/c38-28-21-19-25(20-22-28)24-15-17-27(18-16-24)37-39-35-31(26-9-3-1-4-10-26)23-33-34(30-13-7-8-14-32(30)41-33)36(35)40(37)29-11-5-2-6-12-29/h1-23H. The summed E-state index contributed by atoms with van der Waals surface area (Å²) in [6.45, 7) is 0. The van der Waals surface area contributed by atoms with Crippen molar-refractivity contribution >= 4 is 44.6 Å². The predicted molar refractivity (Wildman–Crippen MR) is 170 cm³/mol. The molecule has 0 unspecified atom stereocenters. The number of hydrogen-bond acceptors (Lipinski definition) is 2. The molecule has 2 aromatic heterocycles. The molecule has 41 heavy (non-hydrogen) atoms. The number of fused-ring (bicyclic) bond motifs is 5. The zero-order valence-corrected chi connectivity index (χ0v) is 22.7. The Kier molecular flexibility index (Phi) is 5.51. The third-order valence-electron chi connectivity index (χ3n) is 7.69. The Balaban J connectivity index is 1.47. The monoisotopic (exact) mass is 546 g/mol. The second-order valence-electron chi connectivity index (χ2n) is 10.1. The fraction of sp³-hybridized carbons (Fsp3) is 0. The van der Waals surface area contributed by atoms with Gasteiger partial charge in [-0.05, 0) is 53.1 Å². The van der Waals surface area contributed by atoms with Gasteiger partial charge in [0.2, 0.25) is 0 Å². The summed E-state index contributed by atoms with van der Waals surface area (Å²) >= 11 is 6.13. The molecular weight excluding hydrogens is 524 g/mol. The van der Waals surface area contributed by atoms with Crippen LogP contribution < -0.4 is 0 Å². The maximum absolute atomic E-state index is 6.45. The van der Waals surface area contributed by atoms with E-state index in [9.17, 15) is 0 Å². The van der Waals surface area contributed by atoms with Crippen molar-refractivity contribution < 1.29 is 4.42 Å². The van der Waals surface area contributed by atoms with Gasteiger partial charge >= 0.3 is 0 Å². The molecule has 0 aliphatic carbocycles. The molecule has 0 saturated heterocycles. The van der Waals surface area contributed by atoms with Gasteiger partial charge in [0.1, 0.15) is 17.0 Å². The quantitative estimate of drug-likeness (QED) is 0.220. The first-order valence-corrected chi connectivity index (χ1v) is 14.0. The van der Waals surface area contributed by atoms with Gasteiger partial charge in [-0.25, -0.2) is 4.98 Å². The molecule has 8 rings (SSSR count). The van der Waals surface area contributed by atoms with E-state index in [0.29, 0.717) is 0 Å². The molecule has 0 radical (unpaired) electrons. The molecule has 0 amide bonds. The number of benzene rings is 6. The highest BCUT2D eigenvalue weighted by atomic mass is 35.5. The molecular formula is C37H23ClN2O. The SMILES string of the molecule is Clc1ccc(-c2ccc(-c3nc4c(-c5ccccc5)cc5oc6ccccc6c5c4n3-c3ccccc3)cc2)cc1. The number of aromatic nitrogens is 2. The van der Waals surface area contributed by atoms with Gasteiger partial charge in [0.05, 0.1) is 16.4 Å². The second kappa shape index (κ2) is 9.51. The molecule has 0 bridgehead atoms. The average molecular weight is 547 g/mol. The zero-order valence-electron chi connectivity index (χ0n) is 22.0. The molecule has 0 atom stereocenters. The number of hydrogen-bond donors (Lipinski definition) is 0. The molecule has 8 aromatic rings. The van der Waals surface area contributed by atoms with E-state index in [4.69, 9.17) is 21.0 Å². The van der Waals surface area contributed by atoms with Crippen LogP contribution in [0.3, 0.4) is 0 Å². The van der Waals surface area contributed by atoms with Crippen LogP contribution in [0.1, 0.15) is 0 Å². The number of rotatable bonds is 4. The topological polar surface area (TPSA) is 31.0 Å². The minimum Gasteiger partial charge on any atom is -0.456 e. The number of furan rings is 1. The van der Waals surface area contributed by atoms with Crippen molar-refractivity contribution in [3.63, 3.8) is 0 Å². The smallest absolute Gasteiger partial charge is 0.145 e. The molecule has 4 heteroatoms. The molecule has 0 N–H and O–H groups in total. The highest BCUT2D eigenvalue weighted by Gasteiger charge is 2.23. The molecule has 194 valence electrons. The largest absolute Gasteiger partial charge is 0.456 e. The van der Waals surface area contributed by atoms with Gasteiger partial charge < -0.3 is 4.42 Å². The van der Waals surface area contributed by atoms with Crippen LogP contribution in [-0.2, 0) is 0 Å². The lowest BCUT2D eigenvalue weighted by molar-refractivity contribution is 0.669. The van der Waals surface area contributed by atoms with Crippen molar-refractivity contribution in [2.75, 3.05) is 0 Å². The van der Waals surface area contributed by atoms with Crippen LogP contribution in [-0.4, -0.2) is 9.55 Å². The van der Waals surface area contributed by atoms with Gasteiger partial charge in [0.15, 0.2) is 0 Å². The van der Waals surface area contributed by atoms with Crippen LogP contribution in [0.25, 0.3) is 72.3 Å². The highest BCUT2D eigenvalue weighted by Crippen LogP contribution is 2.43. The van der Waals surface area contributed by atoms with Crippen LogP contribution in [0.5, 0.6) is 0 Å².